The number of methoxy groups -OCH3 is 1. The lowest BCUT2D eigenvalue weighted by atomic mass is 9.79. The number of hydrogen-bond donors (Lipinski definition) is 0. The Kier molecular flexibility index (Phi) is 5.52. The van der Waals surface area contributed by atoms with Gasteiger partial charge in [0.05, 0.1) is 28.5 Å². The highest BCUT2D eigenvalue weighted by Crippen LogP contribution is 2.76. The van der Waals surface area contributed by atoms with Gasteiger partial charge in [0.2, 0.25) is 0 Å². The van der Waals surface area contributed by atoms with Crippen LogP contribution in [0.4, 0.5) is 0 Å². The Morgan fingerprint density at radius 1 is 1.04 bits per heavy atom. The van der Waals surface area contributed by atoms with Crippen molar-refractivity contribution in [3.63, 3.8) is 0 Å². The number of fused-ring (bicyclic) bond motifs is 2. The minimum Gasteiger partial charge on any atom is -0.466 e. The molecule has 23 heavy (non-hydrogen) atoms. The van der Waals surface area contributed by atoms with Crippen LogP contribution in [0.1, 0.15) is 6.92 Å². The lowest BCUT2D eigenvalue weighted by molar-refractivity contribution is -0.153. The van der Waals surface area contributed by atoms with Gasteiger partial charge in [0.1, 0.15) is 16.4 Å². The maximum Gasteiger partial charge on any atom is 0.312 e. The first-order valence-corrected chi connectivity index (χ1v) is 8.80. The Balaban J connectivity index is 2.69. The van der Waals surface area contributed by atoms with E-state index in [1.807, 2.05) is 0 Å². The molecular weight excluding hydrogens is 433 g/mol. The quantitative estimate of drug-likeness (QED) is 0.477. The van der Waals surface area contributed by atoms with Gasteiger partial charge in [0.15, 0.2) is 10.1 Å². The number of esters is 1. The molecule has 0 N–H and O–H groups in total. The molecule has 0 aliphatic heterocycles. The number of alkyl halides is 4. The summed E-state index contributed by atoms with van der Waals surface area (Å²) in [6.45, 7) is 1.34. The molecule has 2 aliphatic rings. The Hall–Kier alpha value is 0.580. The van der Waals surface area contributed by atoms with Crippen molar-refractivity contribution < 1.29 is 19.1 Å². The molecule has 2 aliphatic carbocycles. The molecule has 0 radical (unpaired) electrons. The van der Waals surface area contributed by atoms with Crippen LogP contribution in [-0.2, 0) is 19.1 Å². The van der Waals surface area contributed by atoms with Crippen molar-refractivity contribution in [1.82, 2.24) is 0 Å². The highest BCUT2D eigenvalue weighted by Gasteiger charge is 2.85. The van der Waals surface area contributed by atoms with Crippen molar-refractivity contribution in [2.45, 2.75) is 21.0 Å². The Bertz CT molecular complexity index is 543. The predicted octanol–water partition coefficient (Wildman–Crippen LogP) is 3.84. The molecule has 0 aromatic rings. The molecule has 2 bridgehead atoms. The maximum atomic E-state index is 12.5. The smallest absolute Gasteiger partial charge is 0.312 e. The lowest BCUT2D eigenvalue weighted by Crippen LogP contribution is -2.46. The van der Waals surface area contributed by atoms with Crippen LogP contribution in [0.25, 0.3) is 0 Å². The van der Waals surface area contributed by atoms with E-state index in [-0.39, 0.29) is 23.3 Å². The summed E-state index contributed by atoms with van der Waals surface area (Å²) in [7, 11) is 1.32. The van der Waals surface area contributed by atoms with E-state index in [0.29, 0.717) is 0 Å². The van der Waals surface area contributed by atoms with Gasteiger partial charge >= 0.3 is 5.97 Å². The molecule has 10 heteroatoms. The van der Waals surface area contributed by atoms with E-state index in [4.69, 9.17) is 79.1 Å². The zero-order chi connectivity index (χ0) is 17.8. The second kappa shape index (κ2) is 6.39. The minimum absolute atomic E-state index is 0.0649. The lowest BCUT2D eigenvalue weighted by Gasteiger charge is -2.34. The van der Waals surface area contributed by atoms with Gasteiger partial charge in [-0.25, -0.2) is 0 Å². The number of ether oxygens (including phenoxy) is 2. The zero-order valence-electron chi connectivity index (χ0n) is 12.0. The fraction of sp³-hybridized carbons (Fsp3) is 0.692. The summed E-state index contributed by atoms with van der Waals surface area (Å²) in [5.74, 6) is -3.86. The maximum absolute atomic E-state index is 12.5. The Labute approximate surface area is 163 Å². The number of allylic oxidation sites excluding steroid dienone is 2. The third kappa shape index (κ3) is 2.29. The molecule has 0 saturated heterocycles. The van der Waals surface area contributed by atoms with Crippen molar-refractivity contribution in [3.05, 3.63) is 10.1 Å². The number of carbonyl (C=O) groups is 2. The number of ketones is 1. The van der Waals surface area contributed by atoms with Gasteiger partial charge < -0.3 is 9.47 Å². The highest BCUT2D eigenvalue weighted by molar-refractivity contribution is 6.66. The van der Waals surface area contributed by atoms with Gasteiger partial charge in [0.25, 0.3) is 0 Å². The van der Waals surface area contributed by atoms with E-state index in [9.17, 15) is 9.59 Å². The summed E-state index contributed by atoms with van der Waals surface area (Å²) in [6, 6.07) is 0. The topological polar surface area (TPSA) is 52.6 Å². The summed E-state index contributed by atoms with van der Waals surface area (Å²) in [6.07, 6.45) is 0. The van der Waals surface area contributed by atoms with Crippen molar-refractivity contribution >= 4 is 81.4 Å². The molecule has 130 valence electrons. The van der Waals surface area contributed by atoms with Crippen LogP contribution >= 0.6 is 69.6 Å². The van der Waals surface area contributed by atoms with Crippen molar-refractivity contribution in [2.75, 3.05) is 20.3 Å². The first kappa shape index (κ1) is 19.9. The van der Waals surface area contributed by atoms with Crippen LogP contribution in [0, 0.1) is 11.8 Å². The normalized spacial score (nSPS) is 38.1. The third-order valence-corrected chi connectivity index (χ3v) is 8.37. The SMILES string of the molecule is CCOC(=O)C1C(C(=O)COC)C2(Cl)C(Cl)=C(Cl)C1(Cl)C2(Cl)Cl. The van der Waals surface area contributed by atoms with E-state index in [0.717, 1.165) is 0 Å². The van der Waals surface area contributed by atoms with Gasteiger partial charge in [-0.3, -0.25) is 9.59 Å². The first-order valence-electron chi connectivity index (χ1n) is 6.53. The molecule has 4 nitrogen and oxygen atoms in total. The standard InChI is InChI=1S/C13H12Cl6O4/c1-3-23-10(21)7-6(5(20)4-22-2)11(16)8(14)9(15)12(7,17)13(11,18)19/h6-7H,3-4H2,1-2H3. The average Bonchev–Trinajstić information content (AvgIpc) is 2.67. The van der Waals surface area contributed by atoms with E-state index in [1.54, 1.807) is 6.92 Å². The van der Waals surface area contributed by atoms with Crippen LogP contribution in [0.15, 0.2) is 10.1 Å². The number of rotatable bonds is 5. The molecule has 0 aromatic heterocycles. The van der Waals surface area contributed by atoms with Crippen LogP contribution < -0.4 is 0 Å². The van der Waals surface area contributed by atoms with Crippen molar-refractivity contribution in [3.8, 4) is 0 Å². The number of halogens is 6. The zero-order valence-corrected chi connectivity index (χ0v) is 16.5. The fourth-order valence-electron chi connectivity index (χ4n) is 3.15. The summed E-state index contributed by atoms with van der Waals surface area (Å²) >= 11 is 38.2. The summed E-state index contributed by atoms with van der Waals surface area (Å²) in [5.41, 5.74) is 0. The van der Waals surface area contributed by atoms with Crippen LogP contribution in [0.3, 0.4) is 0 Å². The molecule has 4 unspecified atom stereocenters. The molecule has 0 amide bonds. The van der Waals surface area contributed by atoms with E-state index in [2.05, 4.69) is 0 Å². The van der Waals surface area contributed by atoms with Gasteiger partial charge in [-0.2, -0.15) is 0 Å². The van der Waals surface area contributed by atoms with Crippen LogP contribution in [-0.4, -0.2) is 46.2 Å². The van der Waals surface area contributed by atoms with Gasteiger partial charge in [-0.1, -0.05) is 46.4 Å². The van der Waals surface area contributed by atoms with Gasteiger partial charge in [-0.05, 0) is 6.92 Å². The van der Waals surface area contributed by atoms with Crippen molar-refractivity contribution in [1.29, 1.82) is 0 Å². The van der Waals surface area contributed by atoms with E-state index < -0.39 is 37.7 Å². The Morgan fingerprint density at radius 2 is 1.52 bits per heavy atom. The largest absolute Gasteiger partial charge is 0.466 e. The molecule has 1 fully saturated rings. The average molecular weight is 445 g/mol. The van der Waals surface area contributed by atoms with Crippen molar-refractivity contribution in [2.24, 2.45) is 11.8 Å². The van der Waals surface area contributed by atoms with Gasteiger partial charge in [0, 0.05) is 7.11 Å². The Morgan fingerprint density at radius 3 is 1.96 bits per heavy atom. The summed E-state index contributed by atoms with van der Waals surface area (Å²) < 4.78 is 7.85. The van der Waals surface area contributed by atoms with E-state index in [1.165, 1.54) is 7.11 Å². The number of carbonyl (C=O) groups excluding carboxylic acids is 2. The fourth-order valence-corrected chi connectivity index (χ4v) is 6.11. The molecular formula is C13H12Cl6O4. The van der Waals surface area contributed by atoms with E-state index >= 15 is 0 Å². The van der Waals surface area contributed by atoms with Crippen LogP contribution in [0.5, 0.6) is 0 Å². The molecule has 1 saturated carbocycles. The molecule has 0 heterocycles. The van der Waals surface area contributed by atoms with Gasteiger partial charge in [-0.15, -0.1) is 23.2 Å². The minimum atomic E-state index is -2.00. The molecule has 0 aromatic carbocycles. The number of hydrogen-bond acceptors (Lipinski definition) is 4. The molecule has 4 atom stereocenters. The van der Waals surface area contributed by atoms with Crippen LogP contribution in [0.2, 0.25) is 0 Å². The monoisotopic (exact) mass is 442 g/mol. The summed E-state index contributed by atoms with van der Waals surface area (Å²) in [5, 5.41) is -0.323. The first-order chi connectivity index (χ1) is 10.5. The number of Topliss-reactive ketones (excluding diaryl/α,β-unsaturated/α-hetero) is 1. The summed E-state index contributed by atoms with van der Waals surface area (Å²) in [4.78, 5) is 21.2. The highest BCUT2D eigenvalue weighted by atomic mass is 35.5. The second-order valence-electron chi connectivity index (χ2n) is 5.23. The third-order valence-electron chi connectivity index (χ3n) is 4.11. The predicted molar refractivity (Wildman–Crippen MR) is 90.8 cm³/mol. The second-order valence-corrected chi connectivity index (χ2v) is 8.51. The molecule has 2 rings (SSSR count). The molecule has 0 spiro atoms.